The molecule has 0 aromatic heterocycles. The Morgan fingerprint density at radius 3 is 2.61 bits per heavy atom. The second kappa shape index (κ2) is 8.14. The van der Waals surface area contributed by atoms with Gasteiger partial charge in [0, 0.05) is 12.5 Å². The Kier molecular flexibility index (Phi) is 5.84. The van der Waals surface area contributed by atoms with E-state index in [9.17, 15) is 14.7 Å². The molecule has 1 aliphatic carbocycles. The van der Waals surface area contributed by atoms with Gasteiger partial charge in [-0.1, -0.05) is 6.07 Å². The largest absolute Gasteiger partial charge is 0.504 e. The number of rotatable bonds is 4. The molecule has 2 aromatic carbocycles. The highest BCUT2D eigenvalue weighted by Gasteiger charge is 2.28. The van der Waals surface area contributed by atoms with E-state index in [1.54, 1.807) is 12.1 Å². The molecule has 6 nitrogen and oxygen atoms in total. The van der Waals surface area contributed by atoms with Crippen LogP contribution < -0.4 is 20.2 Å². The normalized spacial score (nSPS) is 15.1. The maximum absolute atomic E-state index is 12.6. The molecule has 2 aromatic rings. The molecule has 1 atom stereocenters. The third-order valence-electron chi connectivity index (χ3n) is 4.91. The Hall–Kier alpha value is -2.67. The lowest BCUT2D eigenvalue weighted by Crippen LogP contribution is -2.26. The van der Waals surface area contributed by atoms with Crippen LogP contribution in [0.15, 0.2) is 34.0 Å². The van der Waals surface area contributed by atoms with E-state index in [4.69, 9.17) is 9.47 Å². The summed E-state index contributed by atoms with van der Waals surface area (Å²) in [6.07, 6.45) is 3.02. The van der Waals surface area contributed by atoms with Crippen molar-refractivity contribution in [2.75, 3.05) is 20.5 Å². The molecule has 0 spiro atoms. The number of carbonyl (C=O) groups is 1. The first-order chi connectivity index (χ1) is 13.4. The van der Waals surface area contributed by atoms with Gasteiger partial charge in [-0.05, 0) is 54.0 Å². The minimum atomic E-state index is -0.342. The van der Waals surface area contributed by atoms with Crippen LogP contribution in [-0.2, 0) is 11.2 Å². The number of aromatic hydroxyl groups is 1. The fraction of sp³-hybridized carbons (Fsp3) is 0.333. The Balaban J connectivity index is 2.38. The number of aryl methyl sites for hydroxylation is 1. The molecule has 0 saturated carbocycles. The Morgan fingerprint density at radius 1 is 1.25 bits per heavy atom. The van der Waals surface area contributed by atoms with E-state index < -0.39 is 0 Å². The molecular weight excluding hydrogens is 378 g/mol. The summed E-state index contributed by atoms with van der Waals surface area (Å²) in [4.78, 5) is 25.0. The minimum Gasteiger partial charge on any atom is -0.504 e. The van der Waals surface area contributed by atoms with Crippen LogP contribution in [0, 0.1) is 0 Å². The van der Waals surface area contributed by atoms with E-state index in [0.717, 1.165) is 5.56 Å². The number of hydrogen-bond donors (Lipinski definition) is 2. The third kappa shape index (κ3) is 3.54. The number of phenolic OH excluding ortho intramolecular Hbond substituents is 1. The number of methoxy groups -OCH3 is 2. The Morgan fingerprint density at radius 2 is 2.00 bits per heavy atom. The zero-order valence-corrected chi connectivity index (χ0v) is 17.1. The first kappa shape index (κ1) is 20.1. The summed E-state index contributed by atoms with van der Waals surface area (Å²) in [5.41, 5.74) is 2.73. The molecule has 0 heterocycles. The van der Waals surface area contributed by atoms with Crippen LogP contribution in [0.1, 0.15) is 30.5 Å². The molecule has 0 bridgehead atoms. The van der Waals surface area contributed by atoms with E-state index in [1.165, 1.54) is 32.9 Å². The number of fused-ring (bicyclic) bond motifs is 3. The van der Waals surface area contributed by atoms with Crippen LogP contribution in [0.4, 0.5) is 0 Å². The highest BCUT2D eigenvalue weighted by molar-refractivity contribution is 7.98. The predicted octanol–water partition coefficient (Wildman–Crippen LogP) is 3.28. The topological polar surface area (TPSA) is 84.9 Å². The van der Waals surface area contributed by atoms with E-state index in [2.05, 4.69) is 5.32 Å². The van der Waals surface area contributed by atoms with Crippen molar-refractivity contribution in [2.24, 2.45) is 0 Å². The summed E-state index contributed by atoms with van der Waals surface area (Å²) in [5.74, 6) is 0.466. The molecule has 28 heavy (non-hydrogen) atoms. The molecule has 2 N–H and O–H groups in total. The molecule has 3 rings (SSSR count). The van der Waals surface area contributed by atoms with Gasteiger partial charge in [0.1, 0.15) is 0 Å². The lowest BCUT2D eigenvalue weighted by atomic mass is 9.95. The van der Waals surface area contributed by atoms with E-state index in [-0.39, 0.29) is 28.9 Å². The van der Waals surface area contributed by atoms with Gasteiger partial charge >= 0.3 is 0 Å². The quantitative estimate of drug-likeness (QED) is 0.765. The van der Waals surface area contributed by atoms with E-state index >= 15 is 0 Å². The van der Waals surface area contributed by atoms with Gasteiger partial charge in [0.15, 0.2) is 16.9 Å². The standard InChI is InChI=1S/C21H23NO5S/c1-11(23)22-15-7-5-12-9-17(26-2)21(27-3)20(25)19(12)13-6-8-18(28-4)16(24)10-14(13)15/h6,8-10,15,25H,5,7H2,1-4H3,(H,22,23)/t15-/m0/s1. The maximum Gasteiger partial charge on any atom is 0.217 e. The number of carbonyl (C=O) groups excluding carboxylic acids is 1. The van der Waals surface area contributed by atoms with E-state index in [0.29, 0.717) is 40.2 Å². The highest BCUT2D eigenvalue weighted by atomic mass is 32.2. The number of nitrogens with one attached hydrogen (secondary N) is 1. The molecule has 0 fully saturated rings. The summed E-state index contributed by atoms with van der Waals surface area (Å²) in [6.45, 7) is 1.45. The summed E-state index contributed by atoms with van der Waals surface area (Å²) in [5, 5.41) is 13.9. The smallest absolute Gasteiger partial charge is 0.217 e. The second-order valence-electron chi connectivity index (χ2n) is 6.57. The number of benzene rings is 1. The molecular formula is C21H23NO5S. The summed E-state index contributed by atoms with van der Waals surface area (Å²) in [6, 6.07) is 6.64. The van der Waals surface area contributed by atoms with Gasteiger partial charge in [0.25, 0.3) is 0 Å². The molecule has 0 radical (unpaired) electrons. The summed E-state index contributed by atoms with van der Waals surface area (Å²) >= 11 is 1.36. The first-order valence-electron chi connectivity index (χ1n) is 8.87. The zero-order chi connectivity index (χ0) is 20.4. The van der Waals surface area contributed by atoms with Gasteiger partial charge in [0.2, 0.25) is 11.7 Å². The van der Waals surface area contributed by atoms with Crippen molar-refractivity contribution >= 4 is 17.7 Å². The molecule has 1 aliphatic rings. The van der Waals surface area contributed by atoms with Crippen LogP contribution >= 0.6 is 11.8 Å². The predicted molar refractivity (Wildman–Crippen MR) is 110 cm³/mol. The van der Waals surface area contributed by atoms with Gasteiger partial charge in [-0.25, -0.2) is 0 Å². The molecule has 0 aliphatic heterocycles. The van der Waals surface area contributed by atoms with Crippen LogP contribution in [-0.4, -0.2) is 31.5 Å². The van der Waals surface area contributed by atoms with Crippen molar-refractivity contribution in [3.63, 3.8) is 0 Å². The van der Waals surface area contributed by atoms with Crippen LogP contribution in [0.25, 0.3) is 11.1 Å². The molecule has 0 saturated heterocycles. The monoisotopic (exact) mass is 401 g/mol. The number of ether oxygens (including phenoxy) is 2. The van der Waals surface area contributed by atoms with Gasteiger partial charge in [-0.15, -0.1) is 11.8 Å². The molecule has 0 unspecified atom stereocenters. The lowest BCUT2D eigenvalue weighted by molar-refractivity contribution is -0.119. The average molecular weight is 401 g/mol. The van der Waals surface area contributed by atoms with Gasteiger partial charge in [-0.2, -0.15) is 0 Å². The third-order valence-corrected chi connectivity index (χ3v) is 5.69. The molecule has 7 heteroatoms. The Labute approximate surface area is 167 Å². The zero-order valence-electron chi connectivity index (χ0n) is 16.3. The van der Waals surface area contributed by atoms with Crippen LogP contribution in [0.2, 0.25) is 0 Å². The SMILES string of the molecule is COc1cc2c(c(O)c1OC)-c1ccc(SC)c(=O)cc1[C@@H](NC(C)=O)CC2. The highest BCUT2D eigenvalue weighted by Crippen LogP contribution is 2.49. The lowest BCUT2D eigenvalue weighted by Gasteiger charge is -2.18. The van der Waals surface area contributed by atoms with Gasteiger partial charge in [0.05, 0.1) is 25.2 Å². The van der Waals surface area contributed by atoms with Gasteiger partial charge < -0.3 is 19.9 Å². The van der Waals surface area contributed by atoms with Crippen molar-refractivity contribution in [1.29, 1.82) is 0 Å². The van der Waals surface area contributed by atoms with Crippen molar-refractivity contribution in [3.8, 4) is 28.4 Å². The summed E-state index contributed by atoms with van der Waals surface area (Å²) in [7, 11) is 2.98. The fourth-order valence-electron chi connectivity index (χ4n) is 3.69. The van der Waals surface area contributed by atoms with Crippen LogP contribution in [0.5, 0.6) is 17.2 Å². The number of thioether (sulfide) groups is 1. The van der Waals surface area contributed by atoms with Gasteiger partial charge in [-0.3, -0.25) is 9.59 Å². The fourth-order valence-corrected chi connectivity index (χ4v) is 4.15. The number of hydrogen-bond acceptors (Lipinski definition) is 6. The van der Waals surface area contributed by atoms with Crippen molar-refractivity contribution in [1.82, 2.24) is 5.32 Å². The van der Waals surface area contributed by atoms with E-state index in [1.807, 2.05) is 18.4 Å². The van der Waals surface area contributed by atoms with Crippen molar-refractivity contribution < 1.29 is 19.4 Å². The van der Waals surface area contributed by atoms with Crippen molar-refractivity contribution in [2.45, 2.75) is 30.7 Å². The number of phenols is 1. The van der Waals surface area contributed by atoms with Crippen molar-refractivity contribution in [3.05, 3.63) is 45.6 Å². The Bertz CT molecular complexity index is 989. The summed E-state index contributed by atoms with van der Waals surface area (Å²) < 4.78 is 10.7. The molecule has 148 valence electrons. The first-order valence-corrected chi connectivity index (χ1v) is 10.1. The minimum absolute atomic E-state index is 0.0362. The molecule has 1 amide bonds. The van der Waals surface area contributed by atoms with Crippen LogP contribution in [0.3, 0.4) is 0 Å². The second-order valence-corrected chi connectivity index (χ2v) is 7.41. The number of amides is 1. The maximum atomic E-state index is 12.6. The average Bonchev–Trinajstić information content (AvgIpc) is 2.90.